The normalized spacial score (nSPS) is 12.7. The van der Waals surface area contributed by atoms with Gasteiger partial charge in [-0.15, -0.1) is 11.3 Å². The number of aromatic nitrogens is 2. The SMILES string of the molecule is CC(c1ccc(Cl)nc1)n1cccc2sc(=S)cc1-2. The number of rotatable bonds is 2. The molecule has 0 fully saturated rings. The molecule has 0 aromatic carbocycles. The van der Waals surface area contributed by atoms with Crippen molar-refractivity contribution in [1.82, 2.24) is 9.55 Å². The van der Waals surface area contributed by atoms with Gasteiger partial charge >= 0.3 is 0 Å². The topological polar surface area (TPSA) is 17.8 Å². The molecule has 1 unspecified atom stereocenters. The molecule has 0 radical (unpaired) electrons. The lowest BCUT2D eigenvalue weighted by Crippen LogP contribution is -2.09. The van der Waals surface area contributed by atoms with E-state index in [0.29, 0.717) is 5.15 Å². The molecular weight excluding hydrogens is 296 g/mol. The molecule has 3 rings (SSSR count). The fourth-order valence-corrected chi connectivity index (χ4v) is 3.43. The molecule has 19 heavy (non-hydrogen) atoms. The van der Waals surface area contributed by atoms with Gasteiger partial charge in [-0.05, 0) is 36.8 Å². The summed E-state index contributed by atoms with van der Waals surface area (Å²) < 4.78 is 3.13. The van der Waals surface area contributed by atoms with Crippen molar-refractivity contribution in [3.05, 3.63) is 57.3 Å². The minimum atomic E-state index is 0.192. The van der Waals surface area contributed by atoms with Crippen LogP contribution in [0.15, 0.2) is 42.7 Å². The van der Waals surface area contributed by atoms with E-state index in [1.54, 1.807) is 11.3 Å². The molecule has 1 aromatic rings. The number of hydrogen-bond donors (Lipinski definition) is 0. The van der Waals surface area contributed by atoms with Crippen LogP contribution < -0.4 is 0 Å². The molecule has 0 spiro atoms. The Balaban J connectivity index is 2.09. The van der Waals surface area contributed by atoms with Gasteiger partial charge in [-0.3, -0.25) is 0 Å². The zero-order valence-electron chi connectivity index (χ0n) is 10.2. The first-order valence-electron chi connectivity index (χ1n) is 5.87. The van der Waals surface area contributed by atoms with E-state index in [2.05, 4.69) is 34.8 Å². The number of nitrogens with zero attached hydrogens (tertiary/aromatic N) is 2. The number of hydrogen-bond acceptors (Lipinski definition) is 3. The van der Waals surface area contributed by atoms with Crippen molar-refractivity contribution < 1.29 is 0 Å². The summed E-state index contributed by atoms with van der Waals surface area (Å²) >= 11 is 12.7. The highest BCUT2D eigenvalue weighted by Crippen LogP contribution is 2.32. The maximum Gasteiger partial charge on any atom is 0.129 e. The van der Waals surface area contributed by atoms with E-state index in [0.717, 1.165) is 9.39 Å². The first-order chi connectivity index (χ1) is 9.15. The van der Waals surface area contributed by atoms with E-state index in [1.165, 1.54) is 10.6 Å². The Morgan fingerprint density at radius 1 is 1.37 bits per heavy atom. The third-order valence-electron chi connectivity index (χ3n) is 3.14. The Morgan fingerprint density at radius 2 is 2.21 bits per heavy atom. The van der Waals surface area contributed by atoms with Gasteiger partial charge in [-0.2, -0.15) is 0 Å². The Kier molecular flexibility index (Phi) is 3.39. The van der Waals surface area contributed by atoms with Crippen molar-refractivity contribution in [2.24, 2.45) is 0 Å². The van der Waals surface area contributed by atoms with E-state index in [-0.39, 0.29) is 6.04 Å². The largest absolute Gasteiger partial charge is 0.340 e. The van der Waals surface area contributed by atoms with Crippen LogP contribution in [0.25, 0.3) is 10.6 Å². The predicted octanol–water partition coefficient (Wildman–Crippen LogP) is 5.04. The molecular formula is C14H11ClN2S2. The molecule has 5 heteroatoms. The fraction of sp³-hybridized carbons (Fsp3) is 0.143. The first kappa shape index (κ1) is 12.8. The third-order valence-corrected chi connectivity index (χ3v) is 4.62. The summed E-state index contributed by atoms with van der Waals surface area (Å²) in [5.41, 5.74) is 2.29. The molecule has 0 N–H and O–H groups in total. The van der Waals surface area contributed by atoms with Gasteiger partial charge in [0.2, 0.25) is 0 Å². The van der Waals surface area contributed by atoms with Gasteiger partial charge < -0.3 is 4.57 Å². The summed E-state index contributed by atoms with van der Waals surface area (Å²) in [7, 11) is 0. The summed E-state index contributed by atoms with van der Waals surface area (Å²) in [4.78, 5) is 5.35. The monoisotopic (exact) mass is 306 g/mol. The summed E-state index contributed by atoms with van der Waals surface area (Å²) in [5.74, 6) is 0. The second kappa shape index (κ2) is 5.04. The fourth-order valence-electron chi connectivity index (χ4n) is 2.13. The molecule has 2 aliphatic heterocycles. The average Bonchev–Trinajstić information content (AvgIpc) is 2.78. The molecule has 1 atom stereocenters. The lowest BCUT2D eigenvalue weighted by Gasteiger charge is -2.19. The van der Waals surface area contributed by atoms with E-state index in [1.807, 2.05) is 24.4 Å². The van der Waals surface area contributed by atoms with Gasteiger partial charge in [0.05, 0.1) is 20.4 Å². The molecule has 0 saturated carbocycles. The maximum absolute atomic E-state index is 5.83. The zero-order valence-corrected chi connectivity index (χ0v) is 12.6. The minimum absolute atomic E-state index is 0.192. The Labute approximate surface area is 125 Å². The number of halogens is 1. The molecule has 3 heterocycles. The second-order valence-electron chi connectivity index (χ2n) is 4.32. The van der Waals surface area contributed by atoms with Crippen LogP contribution >= 0.6 is 35.2 Å². The van der Waals surface area contributed by atoms with Gasteiger partial charge in [0, 0.05) is 12.4 Å². The first-order valence-corrected chi connectivity index (χ1v) is 7.47. The molecule has 2 nitrogen and oxygen atoms in total. The molecule has 2 aliphatic rings. The van der Waals surface area contributed by atoms with Gasteiger partial charge in [-0.25, -0.2) is 4.98 Å². The highest BCUT2D eigenvalue weighted by Gasteiger charge is 2.14. The van der Waals surface area contributed by atoms with E-state index in [4.69, 9.17) is 23.8 Å². The molecule has 96 valence electrons. The van der Waals surface area contributed by atoms with Crippen LogP contribution in [-0.4, -0.2) is 9.55 Å². The van der Waals surface area contributed by atoms with Crippen LogP contribution in [0.2, 0.25) is 5.15 Å². The smallest absolute Gasteiger partial charge is 0.129 e. The lowest BCUT2D eigenvalue weighted by atomic mass is 10.1. The molecule has 0 amide bonds. The summed E-state index contributed by atoms with van der Waals surface area (Å²) in [6.07, 6.45) is 3.89. The van der Waals surface area contributed by atoms with Crippen molar-refractivity contribution in [2.45, 2.75) is 13.0 Å². The Bertz CT molecular complexity index is 730. The predicted molar refractivity (Wildman–Crippen MR) is 82.8 cm³/mol. The highest BCUT2D eigenvalue weighted by molar-refractivity contribution is 7.73. The minimum Gasteiger partial charge on any atom is -0.340 e. The summed E-state index contributed by atoms with van der Waals surface area (Å²) in [5, 5.41) is 0.516. The molecule has 0 bridgehead atoms. The van der Waals surface area contributed by atoms with Crippen LogP contribution in [0.5, 0.6) is 0 Å². The number of pyridine rings is 2. The van der Waals surface area contributed by atoms with Crippen molar-refractivity contribution in [3.8, 4) is 10.6 Å². The van der Waals surface area contributed by atoms with Crippen LogP contribution in [-0.2, 0) is 0 Å². The van der Waals surface area contributed by atoms with Crippen molar-refractivity contribution in [1.29, 1.82) is 0 Å². The van der Waals surface area contributed by atoms with Crippen molar-refractivity contribution >= 4 is 35.2 Å². The van der Waals surface area contributed by atoms with Gasteiger partial charge in [0.15, 0.2) is 0 Å². The van der Waals surface area contributed by atoms with Crippen LogP contribution in [0.3, 0.4) is 0 Å². The van der Waals surface area contributed by atoms with Crippen molar-refractivity contribution in [3.63, 3.8) is 0 Å². The number of thiophene rings is 1. The third kappa shape index (κ3) is 2.43. The molecule has 0 aliphatic carbocycles. The zero-order chi connectivity index (χ0) is 13.4. The average molecular weight is 307 g/mol. The second-order valence-corrected chi connectivity index (χ2v) is 6.49. The van der Waals surface area contributed by atoms with Crippen LogP contribution in [0, 0.1) is 3.82 Å². The molecule has 1 aromatic heterocycles. The van der Waals surface area contributed by atoms with Gasteiger partial charge in [-0.1, -0.05) is 29.9 Å². The quantitative estimate of drug-likeness (QED) is 0.487. The Hall–Kier alpha value is -1.23. The standard InChI is InChI=1S/C14H11ClN2S2/c1-9(10-4-5-13(15)16-8-10)17-6-2-3-12-11(17)7-14(18)19-12/h2-9H,1H3. The Morgan fingerprint density at radius 3 is 2.95 bits per heavy atom. The van der Waals surface area contributed by atoms with Crippen LogP contribution in [0.1, 0.15) is 18.5 Å². The summed E-state index contributed by atoms with van der Waals surface area (Å²) in [6, 6.07) is 10.2. The number of fused-ring (bicyclic) bond motifs is 1. The van der Waals surface area contributed by atoms with Crippen molar-refractivity contribution in [2.75, 3.05) is 0 Å². The highest BCUT2D eigenvalue weighted by atomic mass is 35.5. The summed E-state index contributed by atoms with van der Waals surface area (Å²) in [6.45, 7) is 2.14. The van der Waals surface area contributed by atoms with E-state index >= 15 is 0 Å². The van der Waals surface area contributed by atoms with E-state index in [9.17, 15) is 0 Å². The van der Waals surface area contributed by atoms with Gasteiger partial charge in [0.1, 0.15) is 5.15 Å². The van der Waals surface area contributed by atoms with Gasteiger partial charge in [0.25, 0.3) is 0 Å². The van der Waals surface area contributed by atoms with Crippen LogP contribution in [0.4, 0.5) is 0 Å². The molecule has 0 saturated heterocycles. The van der Waals surface area contributed by atoms with E-state index < -0.39 is 0 Å². The maximum atomic E-state index is 5.83. The lowest BCUT2D eigenvalue weighted by molar-refractivity contribution is 0.640.